The molecule has 0 unspecified atom stereocenters. The minimum absolute atomic E-state index is 0.0433. The molecule has 0 radical (unpaired) electrons. The van der Waals surface area contributed by atoms with Gasteiger partial charge in [0.15, 0.2) is 5.82 Å². The molecule has 1 aromatic rings. The monoisotopic (exact) mass is 157 g/mol. The SMILES string of the molecule is NCCc1nc(CCO)no1. The molecule has 5 heteroatoms. The maximum atomic E-state index is 8.51. The molecule has 0 aliphatic carbocycles. The first-order valence-corrected chi connectivity index (χ1v) is 3.49. The smallest absolute Gasteiger partial charge is 0.227 e. The first kappa shape index (κ1) is 8.16. The van der Waals surface area contributed by atoms with Gasteiger partial charge in [-0.3, -0.25) is 0 Å². The minimum Gasteiger partial charge on any atom is -0.396 e. The van der Waals surface area contributed by atoms with Gasteiger partial charge in [-0.1, -0.05) is 5.16 Å². The van der Waals surface area contributed by atoms with Crippen LogP contribution in [0.15, 0.2) is 4.52 Å². The Balaban J connectivity index is 2.51. The van der Waals surface area contributed by atoms with Gasteiger partial charge in [0.05, 0.1) is 6.61 Å². The van der Waals surface area contributed by atoms with Crippen molar-refractivity contribution in [2.45, 2.75) is 12.8 Å². The summed E-state index contributed by atoms with van der Waals surface area (Å²) >= 11 is 0. The first-order valence-electron chi connectivity index (χ1n) is 3.49. The molecule has 1 aromatic heterocycles. The van der Waals surface area contributed by atoms with E-state index in [0.29, 0.717) is 31.1 Å². The average Bonchev–Trinajstić information content (AvgIpc) is 2.38. The van der Waals surface area contributed by atoms with E-state index in [2.05, 4.69) is 10.1 Å². The summed E-state index contributed by atoms with van der Waals surface area (Å²) in [6.07, 6.45) is 1.03. The van der Waals surface area contributed by atoms with Crippen LogP contribution in [-0.4, -0.2) is 28.4 Å². The zero-order valence-corrected chi connectivity index (χ0v) is 6.16. The Morgan fingerprint density at radius 1 is 1.45 bits per heavy atom. The number of aliphatic hydroxyl groups excluding tert-OH is 1. The fourth-order valence-electron chi connectivity index (χ4n) is 0.717. The summed E-state index contributed by atoms with van der Waals surface area (Å²) in [7, 11) is 0. The maximum absolute atomic E-state index is 8.51. The van der Waals surface area contributed by atoms with Crippen molar-refractivity contribution in [2.75, 3.05) is 13.2 Å². The van der Waals surface area contributed by atoms with Crippen LogP contribution >= 0.6 is 0 Å². The zero-order chi connectivity index (χ0) is 8.10. The van der Waals surface area contributed by atoms with Gasteiger partial charge < -0.3 is 15.4 Å². The third-order valence-corrected chi connectivity index (χ3v) is 1.20. The molecule has 1 rings (SSSR count). The molecule has 3 N–H and O–H groups in total. The zero-order valence-electron chi connectivity index (χ0n) is 6.16. The molecule has 0 bridgehead atoms. The Bertz CT molecular complexity index is 191. The molecule has 0 aliphatic heterocycles. The third-order valence-electron chi connectivity index (χ3n) is 1.20. The molecule has 0 amide bonds. The number of aromatic nitrogens is 2. The molecule has 0 aliphatic rings. The van der Waals surface area contributed by atoms with Crippen molar-refractivity contribution in [1.82, 2.24) is 10.1 Å². The van der Waals surface area contributed by atoms with E-state index in [4.69, 9.17) is 15.4 Å². The lowest BCUT2D eigenvalue weighted by molar-refractivity contribution is 0.293. The van der Waals surface area contributed by atoms with Crippen molar-refractivity contribution >= 4 is 0 Å². The van der Waals surface area contributed by atoms with E-state index in [1.54, 1.807) is 0 Å². The van der Waals surface area contributed by atoms with E-state index in [1.807, 2.05) is 0 Å². The lowest BCUT2D eigenvalue weighted by Gasteiger charge is -1.84. The van der Waals surface area contributed by atoms with E-state index in [1.165, 1.54) is 0 Å². The topological polar surface area (TPSA) is 85.2 Å². The summed E-state index contributed by atoms with van der Waals surface area (Å²) in [6, 6.07) is 0. The summed E-state index contributed by atoms with van der Waals surface area (Å²) in [5.41, 5.74) is 5.27. The standard InChI is InChI=1S/C6H11N3O2/c7-3-1-6-8-5(2-4-10)9-11-6/h10H,1-4,7H2. The van der Waals surface area contributed by atoms with Crippen molar-refractivity contribution in [3.63, 3.8) is 0 Å². The number of rotatable bonds is 4. The fourth-order valence-corrected chi connectivity index (χ4v) is 0.717. The largest absolute Gasteiger partial charge is 0.396 e. The minimum atomic E-state index is 0.0433. The molecule has 0 aromatic carbocycles. The molecule has 0 atom stereocenters. The molecule has 0 saturated heterocycles. The Hall–Kier alpha value is -0.940. The quantitative estimate of drug-likeness (QED) is 0.592. The highest BCUT2D eigenvalue weighted by atomic mass is 16.5. The predicted molar refractivity (Wildman–Crippen MR) is 37.8 cm³/mol. The van der Waals surface area contributed by atoms with Crippen molar-refractivity contribution in [1.29, 1.82) is 0 Å². The fraction of sp³-hybridized carbons (Fsp3) is 0.667. The molecule has 0 spiro atoms. The molecule has 0 saturated carbocycles. The van der Waals surface area contributed by atoms with Gasteiger partial charge in [-0.05, 0) is 0 Å². The van der Waals surface area contributed by atoms with E-state index < -0.39 is 0 Å². The molecule has 62 valence electrons. The molecule has 5 nitrogen and oxygen atoms in total. The maximum Gasteiger partial charge on any atom is 0.227 e. The Labute approximate surface area is 64.2 Å². The summed E-state index contributed by atoms with van der Waals surface area (Å²) in [5.74, 6) is 1.08. The number of hydrogen-bond donors (Lipinski definition) is 2. The highest BCUT2D eigenvalue weighted by Gasteiger charge is 2.03. The van der Waals surface area contributed by atoms with E-state index in [-0.39, 0.29) is 6.61 Å². The van der Waals surface area contributed by atoms with Crippen LogP contribution in [0, 0.1) is 0 Å². The van der Waals surface area contributed by atoms with Gasteiger partial charge in [-0.25, -0.2) is 0 Å². The number of nitrogens with zero attached hydrogens (tertiary/aromatic N) is 2. The van der Waals surface area contributed by atoms with E-state index in [0.717, 1.165) is 0 Å². The molecular weight excluding hydrogens is 146 g/mol. The summed E-state index contributed by atoms with van der Waals surface area (Å²) in [5, 5.41) is 12.1. The second kappa shape index (κ2) is 4.05. The third kappa shape index (κ3) is 2.28. The predicted octanol–water partition coefficient (Wildman–Crippen LogP) is -0.894. The normalized spacial score (nSPS) is 10.4. The van der Waals surface area contributed by atoms with Gasteiger partial charge in [0.2, 0.25) is 5.89 Å². The number of nitrogens with two attached hydrogens (primary N) is 1. The summed E-state index contributed by atoms with van der Waals surface area (Å²) < 4.78 is 4.81. The van der Waals surface area contributed by atoms with E-state index >= 15 is 0 Å². The van der Waals surface area contributed by atoms with Crippen LogP contribution < -0.4 is 5.73 Å². The second-order valence-corrected chi connectivity index (χ2v) is 2.12. The summed E-state index contributed by atoms with van der Waals surface area (Å²) in [4.78, 5) is 3.97. The number of hydrogen-bond acceptors (Lipinski definition) is 5. The second-order valence-electron chi connectivity index (χ2n) is 2.12. The van der Waals surface area contributed by atoms with Crippen LogP contribution in [0.1, 0.15) is 11.7 Å². The lowest BCUT2D eigenvalue weighted by Crippen LogP contribution is -2.03. The van der Waals surface area contributed by atoms with Crippen LogP contribution in [0.3, 0.4) is 0 Å². The van der Waals surface area contributed by atoms with Gasteiger partial charge in [-0.2, -0.15) is 4.98 Å². The van der Waals surface area contributed by atoms with Gasteiger partial charge in [-0.15, -0.1) is 0 Å². The highest BCUT2D eigenvalue weighted by Crippen LogP contribution is 1.97. The first-order chi connectivity index (χ1) is 5.36. The Kier molecular flexibility index (Phi) is 3.00. The molecule has 0 fully saturated rings. The van der Waals surface area contributed by atoms with Gasteiger partial charge in [0, 0.05) is 19.4 Å². The van der Waals surface area contributed by atoms with Crippen molar-refractivity contribution < 1.29 is 9.63 Å². The van der Waals surface area contributed by atoms with Crippen LogP contribution in [0.2, 0.25) is 0 Å². The van der Waals surface area contributed by atoms with E-state index in [9.17, 15) is 0 Å². The van der Waals surface area contributed by atoms with Crippen molar-refractivity contribution in [2.24, 2.45) is 5.73 Å². The van der Waals surface area contributed by atoms with Crippen LogP contribution in [0.5, 0.6) is 0 Å². The molecule has 11 heavy (non-hydrogen) atoms. The Morgan fingerprint density at radius 3 is 2.91 bits per heavy atom. The summed E-state index contributed by atoms with van der Waals surface area (Å²) in [6.45, 7) is 0.544. The number of aliphatic hydroxyl groups is 1. The van der Waals surface area contributed by atoms with Crippen molar-refractivity contribution in [3.05, 3.63) is 11.7 Å². The average molecular weight is 157 g/mol. The Morgan fingerprint density at radius 2 is 2.27 bits per heavy atom. The van der Waals surface area contributed by atoms with Crippen molar-refractivity contribution in [3.8, 4) is 0 Å². The van der Waals surface area contributed by atoms with Gasteiger partial charge in [0.1, 0.15) is 0 Å². The molecular formula is C6H11N3O2. The molecule has 1 heterocycles. The highest BCUT2D eigenvalue weighted by molar-refractivity contribution is 4.86. The lowest BCUT2D eigenvalue weighted by atomic mass is 10.4. The van der Waals surface area contributed by atoms with Crippen LogP contribution in [0.25, 0.3) is 0 Å². The van der Waals surface area contributed by atoms with Crippen LogP contribution in [-0.2, 0) is 12.8 Å². The van der Waals surface area contributed by atoms with Gasteiger partial charge >= 0.3 is 0 Å². The van der Waals surface area contributed by atoms with Crippen LogP contribution in [0.4, 0.5) is 0 Å². The van der Waals surface area contributed by atoms with Gasteiger partial charge in [0.25, 0.3) is 0 Å².